The van der Waals surface area contributed by atoms with Crippen LogP contribution in [0.25, 0.3) is 0 Å². The zero-order valence-electron chi connectivity index (χ0n) is 12.1. The van der Waals surface area contributed by atoms with Crippen LogP contribution in [0.3, 0.4) is 0 Å². The zero-order chi connectivity index (χ0) is 15.1. The van der Waals surface area contributed by atoms with Gasteiger partial charge in [-0.15, -0.1) is 0 Å². The van der Waals surface area contributed by atoms with Crippen LogP contribution in [-0.2, 0) is 4.79 Å². The third kappa shape index (κ3) is 5.00. The quantitative estimate of drug-likeness (QED) is 0.824. The van der Waals surface area contributed by atoms with Gasteiger partial charge in [0, 0.05) is 4.47 Å². The monoisotopic (exact) mass is 355 g/mol. The fourth-order valence-electron chi connectivity index (χ4n) is 2.73. The number of halogens is 1. The highest BCUT2D eigenvalue weighted by molar-refractivity contribution is 9.10. The number of hydrogen-bond acceptors (Lipinski definition) is 3. The molecule has 1 aliphatic carbocycles. The molecule has 1 aromatic rings. The van der Waals surface area contributed by atoms with E-state index < -0.39 is 5.54 Å². The molecule has 0 heterocycles. The molecule has 1 fully saturated rings. The van der Waals surface area contributed by atoms with Crippen LogP contribution in [-0.4, -0.2) is 29.8 Å². The minimum atomic E-state index is -0.412. The van der Waals surface area contributed by atoms with E-state index in [0.717, 1.165) is 35.9 Å². The summed E-state index contributed by atoms with van der Waals surface area (Å²) in [6, 6.07) is 7.54. The van der Waals surface area contributed by atoms with Crippen LogP contribution in [0.15, 0.2) is 28.7 Å². The number of hydrogen-bond donors (Lipinski definition) is 2. The van der Waals surface area contributed by atoms with Crippen molar-refractivity contribution >= 4 is 21.8 Å². The molecular weight excluding hydrogens is 334 g/mol. The number of rotatable bonds is 6. The number of amides is 1. The van der Waals surface area contributed by atoms with Gasteiger partial charge in [0.25, 0.3) is 0 Å². The van der Waals surface area contributed by atoms with Gasteiger partial charge in [0.2, 0.25) is 5.91 Å². The smallest absolute Gasteiger partial charge is 0.223 e. The molecule has 1 aliphatic rings. The highest BCUT2D eigenvalue weighted by atomic mass is 79.9. The lowest BCUT2D eigenvalue weighted by Crippen LogP contribution is -2.52. The van der Waals surface area contributed by atoms with Crippen molar-refractivity contribution in [2.24, 2.45) is 0 Å². The Bertz CT molecular complexity index is 472. The summed E-state index contributed by atoms with van der Waals surface area (Å²) in [6.45, 7) is 0.356. The fourth-order valence-corrected chi connectivity index (χ4v) is 3.11. The van der Waals surface area contributed by atoms with Crippen LogP contribution in [0.4, 0.5) is 0 Å². The van der Waals surface area contributed by atoms with Gasteiger partial charge in [-0.3, -0.25) is 4.79 Å². The molecule has 2 rings (SSSR count). The minimum Gasteiger partial charge on any atom is -0.493 e. The minimum absolute atomic E-state index is 0.0191. The molecule has 0 unspecified atom stereocenters. The van der Waals surface area contributed by atoms with Crippen molar-refractivity contribution in [1.82, 2.24) is 5.32 Å². The molecule has 4 nitrogen and oxygen atoms in total. The molecule has 1 aromatic carbocycles. The van der Waals surface area contributed by atoms with E-state index in [2.05, 4.69) is 21.2 Å². The molecule has 116 valence electrons. The number of ether oxygens (including phenoxy) is 1. The Kier molecular flexibility index (Phi) is 6.06. The average molecular weight is 356 g/mol. The SMILES string of the molecule is O=C(CCOc1cccc(Br)c1)NC1(CO)CCCCC1. The summed E-state index contributed by atoms with van der Waals surface area (Å²) in [5, 5.41) is 12.6. The molecule has 0 radical (unpaired) electrons. The normalized spacial score (nSPS) is 17.2. The second-order valence-electron chi connectivity index (χ2n) is 5.60. The molecule has 21 heavy (non-hydrogen) atoms. The van der Waals surface area contributed by atoms with Crippen LogP contribution in [0.2, 0.25) is 0 Å². The maximum absolute atomic E-state index is 12.0. The molecule has 0 aromatic heterocycles. The predicted octanol–water partition coefficient (Wildman–Crippen LogP) is 3.03. The second kappa shape index (κ2) is 7.80. The van der Waals surface area contributed by atoms with Gasteiger partial charge in [-0.05, 0) is 31.0 Å². The third-order valence-electron chi connectivity index (χ3n) is 3.91. The van der Waals surface area contributed by atoms with Gasteiger partial charge in [-0.2, -0.15) is 0 Å². The first-order chi connectivity index (χ1) is 10.1. The Morgan fingerprint density at radius 2 is 2.10 bits per heavy atom. The van der Waals surface area contributed by atoms with E-state index in [1.165, 1.54) is 6.42 Å². The number of benzene rings is 1. The first kappa shape index (κ1) is 16.3. The summed E-state index contributed by atoms with van der Waals surface area (Å²) >= 11 is 3.38. The summed E-state index contributed by atoms with van der Waals surface area (Å²) in [7, 11) is 0. The first-order valence-corrected chi connectivity index (χ1v) is 8.23. The Morgan fingerprint density at radius 3 is 2.76 bits per heavy atom. The third-order valence-corrected chi connectivity index (χ3v) is 4.41. The maximum Gasteiger partial charge on any atom is 0.223 e. The molecule has 0 saturated heterocycles. The Hall–Kier alpha value is -1.07. The lowest BCUT2D eigenvalue weighted by Gasteiger charge is -2.36. The van der Waals surface area contributed by atoms with Crippen molar-refractivity contribution in [3.8, 4) is 5.75 Å². The van der Waals surface area contributed by atoms with Crippen LogP contribution >= 0.6 is 15.9 Å². The Labute approximate surface area is 134 Å². The van der Waals surface area contributed by atoms with Gasteiger partial charge in [0.15, 0.2) is 0 Å². The first-order valence-electron chi connectivity index (χ1n) is 7.44. The Balaban J connectivity index is 1.76. The number of aliphatic hydroxyl groups is 1. The highest BCUT2D eigenvalue weighted by Gasteiger charge is 2.32. The molecule has 5 heteroatoms. The van der Waals surface area contributed by atoms with Crippen LogP contribution in [0.1, 0.15) is 38.5 Å². The van der Waals surface area contributed by atoms with Gasteiger partial charge in [0.05, 0.1) is 25.2 Å². The van der Waals surface area contributed by atoms with Crippen molar-refractivity contribution in [2.75, 3.05) is 13.2 Å². The van der Waals surface area contributed by atoms with E-state index in [-0.39, 0.29) is 12.5 Å². The van der Waals surface area contributed by atoms with Crippen molar-refractivity contribution in [1.29, 1.82) is 0 Å². The summed E-state index contributed by atoms with van der Waals surface area (Å²) < 4.78 is 6.51. The largest absolute Gasteiger partial charge is 0.493 e. The van der Waals surface area contributed by atoms with Crippen molar-refractivity contribution in [2.45, 2.75) is 44.1 Å². The van der Waals surface area contributed by atoms with Crippen LogP contribution in [0.5, 0.6) is 5.75 Å². The molecule has 0 spiro atoms. The average Bonchev–Trinajstić information content (AvgIpc) is 2.48. The molecule has 1 amide bonds. The number of carbonyl (C=O) groups excluding carboxylic acids is 1. The molecule has 0 atom stereocenters. The van der Waals surface area contributed by atoms with Gasteiger partial charge >= 0.3 is 0 Å². The summed E-state index contributed by atoms with van der Waals surface area (Å²) in [5.41, 5.74) is -0.412. The van der Waals surface area contributed by atoms with Crippen LogP contribution in [0, 0.1) is 0 Å². The molecule has 0 aliphatic heterocycles. The van der Waals surface area contributed by atoms with E-state index in [0.29, 0.717) is 13.0 Å². The molecule has 1 saturated carbocycles. The van der Waals surface area contributed by atoms with E-state index in [9.17, 15) is 9.90 Å². The topological polar surface area (TPSA) is 58.6 Å². The molecular formula is C16H22BrNO3. The van der Waals surface area contributed by atoms with E-state index >= 15 is 0 Å². The summed E-state index contributed by atoms with van der Waals surface area (Å²) in [6.07, 6.45) is 5.34. The molecule has 0 bridgehead atoms. The van der Waals surface area contributed by atoms with Crippen molar-refractivity contribution in [3.05, 3.63) is 28.7 Å². The lowest BCUT2D eigenvalue weighted by molar-refractivity contribution is -0.124. The predicted molar refractivity (Wildman–Crippen MR) is 85.3 cm³/mol. The van der Waals surface area contributed by atoms with Gasteiger partial charge in [-0.1, -0.05) is 41.3 Å². The van der Waals surface area contributed by atoms with E-state index in [1.54, 1.807) is 0 Å². The zero-order valence-corrected chi connectivity index (χ0v) is 13.7. The summed E-state index contributed by atoms with van der Waals surface area (Å²) in [5.74, 6) is 0.688. The van der Waals surface area contributed by atoms with E-state index in [1.807, 2.05) is 24.3 Å². The Morgan fingerprint density at radius 1 is 1.33 bits per heavy atom. The van der Waals surface area contributed by atoms with Gasteiger partial charge in [0.1, 0.15) is 5.75 Å². The summed E-state index contributed by atoms with van der Waals surface area (Å²) in [4.78, 5) is 12.0. The number of carbonyl (C=O) groups is 1. The second-order valence-corrected chi connectivity index (χ2v) is 6.52. The van der Waals surface area contributed by atoms with Gasteiger partial charge in [-0.25, -0.2) is 0 Å². The molecule has 2 N–H and O–H groups in total. The number of nitrogens with one attached hydrogen (secondary N) is 1. The van der Waals surface area contributed by atoms with Crippen molar-refractivity contribution in [3.63, 3.8) is 0 Å². The van der Waals surface area contributed by atoms with Crippen LogP contribution < -0.4 is 10.1 Å². The van der Waals surface area contributed by atoms with E-state index in [4.69, 9.17) is 4.74 Å². The van der Waals surface area contributed by atoms with Crippen molar-refractivity contribution < 1.29 is 14.6 Å². The highest BCUT2D eigenvalue weighted by Crippen LogP contribution is 2.27. The maximum atomic E-state index is 12.0. The number of aliphatic hydroxyl groups excluding tert-OH is 1. The van der Waals surface area contributed by atoms with Gasteiger partial charge < -0.3 is 15.2 Å². The fraction of sp³-hybridized carbons (Fsp3) is 0.562. The lowest BCUT2D eigenvalue weighted by atomic mass is 9.82. The standard InChI is InChI=1S/C16H22BrNO3/c17-13-5-4-6-14(11-13)21-10-7-15(20)18-16(12-19)8-2-1-3-9-16/h4-6,11,19H,1-3,7-10,12H2,(H,18,20).